The number of amides is 2. The number of carbonyl (C=O) groups is 2. The number of anilines is 1. The number of hydrogen-bond acceptors (Lipinski definition) is 4. The van der Waals surface area contributed by atoms with Gasteiger partial charge in [-0.25, -0.2) is 4.79 Å². The van der Waals surface area contributed by atoms with Crippen LogP contribution in [0.1, 0.15) is 25.3 Å². The number of likely N-dealkylation sites (tertiary alicyclic amines) is 1. The van der Waals surface area contributed by atoms with Crippen LogP contribution in [0.4, 0.5) is 10.5 Å². The van der Waals surface area contributed by atoms with Crippen LogP contribution < -0.4 is 5.32 Å². The fourth-order valence-electron chi connectivity index (χ4n) is 2.72. The van der Waals surface area contributed by atoms with Crippen LogP contribution in [0, 0.1) is 5.92 Å². The fraction of sp³-hybridized carbons (Fsp3) is 0.529. The van der Waals surface area contributed by atoms with Crippen LogP contribution in [0.25, 0.3) is 0 Å². The van der Waals surface area contributed by atoms with Gasteiger partial charge in [-0.1, -0.05) is 12.1 Å². The summed E-state index contributed by atoms with van der Waals surface area (Å²) in [5.74, 6) is -0.271. The predicted molar refractivity (Wildman–Crippen MR) is 87.1 cm³/mol. The lowest BCUT2D eigenvalue weighted by Gasteiger charge is -2.31. The van der Waals surface area contributed by atoms with Crippen LogP contribution in [0.2, 0.25) is 0 Å². The number of ether oxygens (including phenoxy) is 2. The van der Waals surface area contributed by atoms with Gasteiger partial charge in [0.15, 0.2) is 0 Å². The zero-order valence-corrected chi connectivity index (χ0v) is 13.7. The largest absolute Gasteiger partial charge is 0.450 e. The van der Waals surface area contributed by atoms with E-state index in [1.54, 1.807) is 18.9 Å². The van der Waals surface area contributed by atoms with E-state index in [1.165, 1.54) is 0 Å². The Balaban J connectivity index is 1.94. The molecule has 1 unspecified atom stereocenters. The molecule has 126 valence electrons. The quantitative estimate of drug-likeness (QED) is 0.905. The summed E-state index contributed by atoms with van der Waals surface area (Å²) in [5.41, 5.74) is 1.75. The molecule has 1 N–H and O–H groups in total. The van der Waals surface area contributed by atoms with Crippen molar-refractivity contribution in [3.8, 4) is 0 Å². The second-order valence-corrected chi connectivity index (χ2v) is 5.61. The van der Waals surface area contributed by atoms with Gasteiger partial charge in [0, 0.05) is 25.9 Å². The number of rotatable bonds is 5. The van der Waals surface area contributed by atoms with E-state index in [4.69, 9.17) is 9.47 Å². The molecule has 1 saturated heterocycles. The molecule has 6 nitrogen and oxygen atoms in total. The Bertz CT molecular complexity index is 547. The van der Waals surface area contributed by atoms with Gasteiger partial charge in [-0.3, -0.25) is 4.79 Å². The Hall–Kier alpha value is -2.08. The molecule has 6 heteroatoms. The summed E-state index contributed by atoms with van der Waals surface area (Å²) < 4.78 is 10.1. The van der Waals surface area contributed by atoms with Crippen molar-refractivity contribution in [1.82, 2.24) is 4.90 Å². The van der Waals surface area contributed by atoms with Crippen molar-refractivity contribution in [2.24, 2.45) is 5.92 Å². The molecule has 1 atom stereocenters. The summed E-state index contributed by atoms with van der Waals surface area (Å²) >= 11 is 0. The monoisotopic (exact) mass is 320 g/mol. The second-order valence-electron chi connectivity index (χ2n) is 5.61. The molecule has 0 radical (unpaired) electrons. The standard InChI is InChI=1S/C17H24N2O4/c1-3-23-17(21)19-9-5-7-14(11-19)16(20)18-15-8-4-6-13(10-15)12-22-2/h4,6,8,10,14H,3,5,7,9,11-12H2,1-2H3,(H,18,20). The van der Waals surface area contributed by atoms with Gasteiger partial charge in [0.1, 0.15) is 0 Å². The van der Waals surface area contributed by atoms with Crippen LogP contribution in [0.15, 0.2) is 24.3 Å². The normalized spacial score (nSPS) is 17.7. The molecular formula is C17H24N2O4. The summed E-state index contributed by atoms with van der Waals surface area (Å²) in [7, 11) is 1.64. The van der Waals surface area contributed by atoms with Gasteiger partial charge in [-0.2, -0.15) is 0 Å². The molecule has 1 aromatic carbocycles. The number of piperidine rings is 1. The molecule has 2 amide bonds. The Morgan fingerprint density at radius 2 is 2.22 bits per heavy atom. The maximum atomic E-state index is 12.4. The van der Waals surface area contributed by atoms with E-state index in [9.17, 15) is 9.59 Å². The summed E-state index contributed by atoms with van der Waals surface area (Å²) in [6.07, 6.45) is 1.24. The molecule has 0 bridgehead atoms. The average molecular weight is 320 g/mol. The number of carbonyl (C=O) groups excluding carboxylic acids is 2. The van der Waals surface area contributed by atoms with Crippen molar-refractivity contribution >= 4 is 17.7 Å². The molecule has 0 spiro atoms. The van der Waals surface area contributed by atoms with Crippen molar-refractivity contribution in [2.75, 3.05) is 32.1 Å². The fourth-order valence-corrected chi connectivity index (χ4v) is 2.72. The van der Waals surface area contributed by atoms with E-state index in [2.05, 4.69) is 5.32 Å². The van der Waals surface area contributed by atoms with Crippen molar-refractivity contribution in [2.45, 2.75) is 26.4 Å². The number of methoxy groups -OCH3 is 1. The summed E-state index contributed by atoms with van der Waals surface area (Å²) in [5, 5.41) is 2.93. The van der Waals surface area contributed by atoms with Crippen molar-refractivity contribution in [3.63, 3.8) is 0 Å². The molecule has 0 aliphatic carbocycles. The maximum absolute atomic E-state index is 12.4. The van der Waals surface area contributed by atoms with Gasteiger partial charge < -0.3 is 19.7 Å². The van der Waals surface area contributed by atoms with Gasteiger partial charge in [-0.15, -0.1) is 0 Å². The van der Waals surface area contributed by atoms with Gasteiger partial charge >= 0.3 is 6.09 Å². The van der Waals surface area contributed by atoms with Crippen molar-refractivity contribution in [1.29, 1.82) is 0 Å². The first-order valence-corrected chi connectivity index (χ1v) is 7.94. The smallest absolute Gasteiger partial charge is 0.409 e. The van der Waals surface area contributed by atoms with Crippen LogP contribution in [0.5, 0.6) is 0 Å². The minimum absolute atomic E-state index is 0.0615. The third-order valence-corrected chi connectivity index (χ3v) is 3.82. The van der Waals surface area contributed by atoms with Gasteiger partial charge in [0.05, 0.1) is 19.1 Å². The predicted octanol–water partition coefficient (Wildman–Crippen LogP) is 2.64. The van der Waals surface area contributed by atoms with E-state index in [0.717, 1.165) is 24.1 Å². The SMILES string of the molecule is CCOC(=O)N1CCCC(C(=O)Nc2cccc(COC)c2)C1. The van der Waals surface area contributed by atoms with E-state index in [-0.39, 0.29) is 17.9 Å². The third kappa shape index (κ3) is 4.96. The number of nitrogens with zero attached hydrogens (tertiary/aromatic N) is 1. The molecule has 0 saturated carbocycles. The zero-order chi connectivity index (χ0) is 16.7. The molecule has 1 fully saturated rings. The highest BCUT2D eigenvalue weighted by molar-refractivity contribution is 5.93. The first-order chi connectivity index (χ1) is 11.1. The molecule has 2 rings (SSSR count). The number of nitrogens with one attached hydrogen (secondary N) is 1. The highest BCUT2D eigenvalue weighted by atomic mass is 16.6. The number of hydrogen-bond donors (Lipinski definition) is 1. The second kappa shape index (κ2) is 8.53. The molecule has 1 aliphatic rings. The molecule has 1 heterocycles. The number of benzene rings is 1. The molecular weight excluding hydrogens is 296 g/mol. The van der Waals surface area contributed by atoms with Crippen molar-refractivity contribution in [3.05, 3.63) is 29.8 Å². The van der Waals surface area contributed by atoms with E-state index in [1.807, 2.05) is 24.3 Å². The van der Waals surface area contributed by atoms with Crippen LogP contribution in [-0.2, 0) is 20.9 Å². The minimum atomic E-state index is -0.341. The zero-order valence-electron chi connectivity index (χ0n) is 13.7. The van der Waals surface area contributed by atoms with Gasteiger partial charge in [0.25, 0.3) is 0 Å². The third-order valence-electron chi connectivity index (χ3n) is 3.82. The summed E-state index contributed by atoms with van der Waals surface area (Å²) in [6, 6.07) is 7.58. The lowest BCUT2D eigenvalue weighted by Crippen LogP contribution is -2.44. The van der Waals surface area contributed by atoms with Gasteiger partial charge in [-0.05, 0) is 37.5 Å². The highest BCUT2D eigenvalue weighted by Crippen LogP contribution is 2.20. The first kappa shape index (κ1) is 17.3. The van der Waals surface area contributed by atoms with E-state index < -0.39 is 0 Å². The molecule has 1 aromatic rings. The Labute approximate surface area is 136 Å². The summed E-state index contributed by atoms with van der Waals surface area (Å²) in [4.78, 5) is 25.9. The summed E-state index contributed by atoms with van der Waals surface area (Å²) in [6.45, 7) is 3.68. The Morgan fingerprint density at radius 1 is 1.39 bits per heavy atom. The first-order valence-electron chi connectivity index (χ1n) is 7.94. The molecule has 23 heavy (non-hydrogen) atoms. The maximum Gasteiger partial charge on any atom is 0.409 e. The topological polar surface area (TPSA) is 67.9 Å². The average Bonchev–Trinajstić information content (AvgIpc) is 2.56. The molecule has 1 aliphatic heterocycles. The van der Waals surface area contributed by atoms with Crippen LogP contribution in [0.3, 0.4) is 0 Å². The lowest BCUT2D eigenvalue weighted by molar-refractivity contribution is -0.121. The van der Waals surface area contributed by atoms with Crippen molar-refractivity contribution < 1.29 is 19.1 Å². The Morgan fingerprint density at radius 3 is 2.96 bits per heavy atom. The Kier molecular flexibility index (Phi) is 6.40. The van der Waals surface area contributed by atoms with E-state index in [0.29, 0.717) is 26.3 Å². The minimum Gasteiger partial charge on any atom is -0.450 e. The van der Waals surface area contributed by atoms with Crippen LogP contribution >= 0.6 is 0 Å². The van der Waals surface area contributed by atoms with Crippen LogP contribution in [-0.4, -0.2) is 43.7 Å². The molecule has 0 aromatic heterocycles. The highest BCUT2D eigenvalue weighted by Gasteiger charge is 2.29. The van der Waals surface area contributed by atoms with E-state index >= 15 is 0 Å². The van der Waals surface area contributed by atoms with Gasteiger partial charge in [0.2, 0.25) is 5.91 Å². The lowest BCUT2D eigenvalue weighted by atomic mass is 9.97.